The maximum atomic E-state index is 5.26. The lowest BCUT2D eigenvalue weighted by atomic mass is 9.93. The Balaban J connectivity index is 1.28. The van der Waals surface area contributed by atoms with Crippen molar-refractivity contribution < 1.29 is 0 Å². The molecule has 10 rings (SSSR count). The summed E-state index contributed by atoms with van der Waals surface area (Å²) in [5.74, 6) is 0. The molecule has 0 unspecified atom stereocenters. The molecule has 51 heavy (non-hydrogen) atoms. The summed E-state index contributed by atoms with van der Waals surface area (Å²) in [5, 5.41) is 7.20. The van der Waals surface area contributed by atoms with E-state index in [1.165, 1.54) is 32.7 Å². The van der Waals surface area contributed by atoms with E-state index in [-0.39, 0.29) is 0 Å². The Bertz CT molecular complexity index is 2910. The Morgan fingerprint density at radius 1 is 0.333 bits per heavy atom. The third-order valence-corrected chi connectivity index (χ3v) is 10.0. The van der Waals surface area contributed by atoms with Crippen LogP contribution in [0.15, 0.2) is 182 Å². The quantitative estimate of drug-likeness (QED) is 0.202. The summed E-state index contributed by atoms with van der Waals surface area (Å²) >= 11 is 0. The summed E-state index contributed by atoms with van der Waals surface area (Å²) in [7, 11) is 0. The fraction of sp³-hybridized carbons (Fsp3) is 0. The van der Waals surface area contributed by atoms with Crippen molar-refractivity contribution in [1.82, 2.24) is 15.0 Å². The molecule has 0 radical (unpaired) electrons. The minimum absolute atomic E-state index is 0.921. The van der Waals surface area contributed by atoms with Gasteiger partial charge in [0.1, 0.15) is 0 Å². The Kier molecular flexibility index (Phi) is 6.81. The highest BCUT2D eigenvalue weighted by Crippen LogP contribution is 2.42. The zero-order valence-corrected chi connectivity index (χ0v) is 27.7. The predicted molar refractivity (Wildman–Crippen MR) is 214 cm³/mol. The second kappa shape index (κ2) is 11.9. The van der Waals surface area contributed by atoms with Crippen LogP contribution in [0.25, 0.3) is 99.4 Å². The van der Waals surface area contributed by atoms with Gasteiger partial charge in [-0.3, -0.25) is 4.98 Å². The first kappa shape index (κ1) is 29.1. The van der Waals surface area contributed by atoms with Crippen LogP contribution in [0.5, 0.6) is 0 Å². The summed E-state index contributed by atoms with van der Waals surface area (Å²) in [4.78, 5) is 14.0. The number of rotatable bonds is 5. The second-order valence-corrected chi connectivity index (χ2v) is 13.1. The van der Waals surface area contributed by atoms with E-state index in [1.807, 2.05) is 18.3 Å². The van der Waals surface area contributed by atoms with Crippen LogP contribution in [0.3, 0.4) is 0 Å². The van der Waals surface area contributed by atoms with Crippen molar-refractivity contribution in [2.24, 2.45) is 0 Å². The third-order valence-electron chi connectivity index (χ3n) is 10.0. The summed E-state index contributed by atoms with van der Waals surface area (Å²) in [5.41, 5.74) is 12.8. The summed E-state index contributed by atoms with van der Waals surface area (Å²) in [6.07, 6.45) is 1.87. The highest BCUT2D eigenvalue weighted by Gasteiger charge is 2.19. The zero-order valence-electron chi connectivity index (χ0n) is 27.7. The standard InChI is InChI=1S/C48H31N3/c1-2-13-33(14-3-1)44-18-10-19-46(50-44)43-30-39(37-23-21-32-12-5-7-16-35(32)26-37)28-41-40-27-38(36-22-20-31-11-4-6-15-34(31)25-36)29-42(47(40)51-48(41)43)45-17-8-9-24-49-45/h1-30,51H. The Hall–Kier alpha value is -6.84. The van der Waals surface area contributed by atoms with Gasteiger partial charge in [0, 0.05) is 33.7 Å². The fourth-order valence-electron chi connectivity index (χ4n) is 7.45. The first-order chi connectivity index (χ1) is 25.2. The van der Waals surface area contributed by atoms with Gasteiger partial charge in [-0.05, 0) is 104 Å². The third kappa shape index (κ3) is 5.15. The van der Waals surface area contributed by atoms with Gasteiger partial charge in [-0.1, -0.05) is 115 Å². The van der Waals surface area contributed by atoms with Crippen molar-refractivity contribution in [3.63, 3.8) is 0 Å². The summed E-state index contributed by atoms with van der Waals surface area (Å²) in [6.45, 7) is 0. The van der Waals surface area contributed by atoms with E-state index >= 15 is 0 Å². The van der Waals surface area contributed by atoms with Crippen molar-refractivity contribution in [1.29, 1.82) is 0 Å². The van der Waals surface area contributed by atoms with Gasteiger partial charge in [0.2, 0.25) is 0 Å². The zero-order chi connectivity index (χ0) is 33.7. The Morgan fingerprint density at radius 3 is 1.47 bits per heavy atom. The molecule has 0 bridgehead atoms. The second-order valence-electron chi connectivity index (χ2n) is 13.1. The molecular weight excluding hydrogens is 619 g/mol. The number of fused-ring (bicyclic) bond motifs is 5. The fourth-order valence-corrected chi connectivity index (χ4v) is 7.45. The number of pyridine rings is 2. The lowest BCUT2D eigenvalue weighted by Crippen LogP contribution is -1.90. The average molecular weight is 650 g/mol. The maximum absolute atomic E-state index is 5.26. The number of hydrogen-bond donors (Lipinski definition) is 1. The van der Waals surface area contributed by atoms with Gasteiger partial charge in [-0.15, -0.1) is 0 Å². The summed E-state index contributed by atoms with van der Waals surface area (Å²) in [6, 6.07) is 62.7. The first-order valence-electron chi connectivity index (χ1n) is 17.3. The smallest absolute Gasteiger partial charge is 0.0730 e. The van der Waals surface area contributed by atoms with Crippen molar-refractivity contribution >= 4 is 43.4 Å². The predicted octanol–water partition coefficient (Wildman–Crippen LogP) is 12.8. The van der Waals surface area contributed by atoms with Crippen LogP contribution < -0.4 is 0 Å². The SMILES string of the molecule is c1ccc(-c2cccc(-c3cc(-c4ccc5ccccc5c4)cc4c3[nH]c3c(-c5ccccn5)cc(-c5ccc6ccccc6c5)cc34)n2)cc1. The van der Waals surface area contributed by atoms with Crippen LogP contribution >= 0.6 is 0 Å². The monoisotopic (exact) mass is 649 g/mol. The van der Waals surface area contributed by atoms with E-state index in [2.05, 4.69) is 169 Å². The van der Waals surface area contributed by atoms with Gasteiger partial charge in [-0.2, -0.15) is 0 Å². The van der Waals surface area contributed by atoms with Crippen LogP contribution in [-0.4, -0.2) is 15.0 Å². The van der Waals surface area contributed by atoms with E-state index in [4.69, 9.17) is 9.97 Å². The Labute approximate surface area is 295 Å². The molecule has 0 spiro atoms. The van der Waals surface area contributed by atoms with E-state index in [0.717, 1.165) is 66.7 Å². The first-order valence-corrected chi connectivity index (χ1v) is 17.3. The maximum Gasteiger partial charge on any atom is 0.0730 e. The molecule has 0 aliphatic heterocycles. The van der Waals surface area contributed by atoms with Crippen LogP contribution in [0.2, 0.25) is 0 Å². The van der Waals surface area contributed by atoms with Crippen LogP contribution in [0, 0.1) is 0 Å². The minimum Gasteiger partial charge on any atom is -0.353 e. The summed E-state index contributed by atoms with van der Waals surface area (Å²) < 4.78 is 0. The number of nitrogens with zero attached hydrogens (tertiary/aromatic N) is 2. The number of hydrogen-bond acceptors (Lipinski definition) is 2. The minimum atomic E-state index is 0.921. The van der Waals surface area contributed by atoms with E-state index in [9.17, 15) is 0 Å². The Morgan fingerprint density at radius 2 is 0.863 bits per heavy atom. The lowest BCUT2D eigenvalue weighted by molar-refractivity contribution is 1.32. The number of aromatic amines is 1. The largest absolute Gasteiger partial charge is 0.353 e. The normalized spacial score (nSPS) is 11.5. The number of H-pyrrole nitrogens is 1. The molecule has 0 amide bonds. The van der Waals surface area contributed by atoms with Crippen LogP contribution in [-0.2, 0) is 0 Å². The van der Waals surface area contributed by atoms with Gasteiger partial charge in [0.15, 0.2) is 0 Å². The van der Waals surface area contributed by atoms with Crippen molar-refractivity contribution in [2.75, 3.05) is 0 Å². The molecule has 0 saturated heterocycles. The molecular formula is C48H31N3. The lowest BCUT2D eigenvalue weighted by Gasteiger charge is -2.11. The number of aromatic nitrogens is 3. The molecule has 3 heterocycles. The van der Waals surface area contributed by atoms with E-state index in [0.29, 0.717) is 0 Å². The topological polar surface area (TPSA) is 41.6 Å². The molecule has 3 nitrogen and oxygen atoms in total. The van der Waals surface area contributed by atoms with Gasteiger partial charge >= 0.3 is 0 Å². The molecule has 0 aliphatic rings. The molecule has 10 aromatic rings. The molecule has 7 aromatic carbocycles. The number of nitrogens with one attached hydrogen (secondary N) is 1. The van der Waals surface area contributed by atoms with Gasteiger partial charge in [-0.25, -0.2) is 4.98 Å². The van der Waals surface area contributed by atoms with Crippen LogP contribution in [0.1, 0.15) is 0 Å². The van der Waals surface area contributed by atoms with Crippen molar-refractivity contribution in [3.05, 3.63) is 182 Å². The molecule has 0 saturated carbocycles. The molecule has 238 valence electrons. The molecule has 0 atom stereocenters. The van der Waals surface area contributed by atoms with Gasteiger partial charge in [0.05, 0.1) is 28.1 Å². The highest BCUT2D eigenvalue weighted by molar-refractivity contribution is 6.17. The van der Waals surface area contributed by atoms with E-state index < -0.39 is 0 Å². The highest BCUT2D eigenvalue weighted by atomic mass is 14.8. The van der Waals surface area contributed by atoms with Gasteiger partial charge in [0.25, 0.3) is 0 Å². The van der Waals surface area contributed by atoms with Crippen LogP contribution in [0.4, 0.5) is 0 Å². The van der Waals surface area contributed by atoms with Crippen molar-refractivity contribution in [2.45, 2.75) is 0 Å². The van der Waals surface area contributed by atoms with E-state index in [1.54, 1.807) is 0 Å². The molecule has 3 aromatic heterocycles. The molecule has 3 heteroatoms. The van der Waals surface area contributed by atoms with Gasteiger partial charge < -0.3 is 4.98 Å². The van der Waals surface area contributed by atoms with Crippen molar-refractivity contribution in [3.8, 4) is 56.0 Å². The molecule has 0 aliphatic carbocycles. The molecule has 1 N–H and O–H groups in total. The molecule has 0 fully saturated rings. The number of benzene rings is 7. The average Bonchev–Trinajstić information content (AvgIpc) is 3.59.